The van der Waals surface area contributed by atoms with Crippen LogP contribution in [-0.2, 0) is 14.3 Å². The molecule has 1 saturated heterocycles. The number of benzene rings is 1. The topological polar surface area (TPSA) is 103 Å². The highest BCUT2D eigenvalue weighted by Crippen LogP contribution is 2.32. The number of rotatable bonds is 5. The van der Waals surface area contributed by atoms with Crippen LogP contribution in [0.5, 0.6) is 11.5 Å². The molecule has 0 radical (unpaired) electrons. The van der Waals surface area contributed by atoms with Gasteiger partial charge in [0, 0.05) is 5.56 Å². The number of aliphatic hydroxyl groups is 1. The van der Waals surface area contributed by atoms with Crippen molar-refractivity contribution >= 4 is 11.9 Å². The number of carbonyl (C=O) groups excluding carboxylic acids is 2. The van der Waals surface area contributed by atoms with E-state index in [-0.39, 0.29) is 43.8 Å². The molecule has 1 aromatic carbocycles. The zero-order chi connectivity index (χ0) is 17.8. The van der Waals surface area contributed by atoms with Gasteiger partial charge in [0.2, 0.25) is 6.79 Å². The van der Waals surface area contributed by atoms with Gasteiger partial charge >= 0.3 is 5.97 Å². The molecule has 2 N–H and O–H groups in total. The van der Waals surface area contributed by atoms with Crippen LogP contribution in [0.3, 0.4) is 0 Å². The Balaban J connectivity index is 1.60. The Labute approximate surface area is 145 Å². The van der Waals surface area contributed by atoms with Gasteiger partial charge in [0.25, 0.3) is 5.91 Å². The van der Waals surface area contributed by atoms with Crippen molar-refractivity contribution in [2.24, 2.45) is 0 Å². The van der Waals surface area contributed by atoms with Crippen molar-refractivity contribution in [1.82, 2.24) is 5.32 Å². The largest absolute Gasteiger partial charge is 0.469 e. The number of fused-ring (bicyclic) bond motifs is 1. The number of ether oxygens (including phenoxy) is 4. The minimum absolute atomic E-state index is 0.135. The second-order valence-corrected chi connectivity index (χ2v) is 5.98. The number of hydrogen-bond donors (Lipinski definition) is 2. The van der Waals surface area contributed by atoms with Crippen molar-refractivity contribution in [3.05, 3.63) is 23.8 Å². The van der Waals surface area contributed by atoms with Crippen LogP contribution in [0.2, 0.25) is 0 Å². The average molecular weight is 351 g/mol. The molecule has 0 saturated carbocycles. The van der Waals surface area contributed by atoms with E-state index in [1.54, 1.807) is 18.2 Å². The molecule has 1 fully saturated rings. The second-order valence-electron chi connectivity index (χ2n) is 5.98. The van der Waals surface area contributed by atoms with E-state index in [9.17, 15) is 14.7 Å². The fourth-order valence-corrected chi connectivity index (χ4v) is 3.01. The summed E-state index contributed by atoms with van der Waals surface area (Å²) in [5, 5.41) is 12.4. The van der Waals surface area contributed by atoms with Gasteiger partial charge in [-0.2, -0.15) is 0 Å². The zero-order valence-electron chi connectivity index (χ0n) is 13.9. The normalized spacial score (nSPS) is 24.6. The first-order valence-corrected chi connectivity index (χ1v) is 8.14. The number of aliphatic hydroxyl groups excluding tert-OH is 1. The molecule has 8 heteroatoms. The van der Waals surface area contributed by atoms with Gasteiger partial charge in [-0.15, -0.1) is 0 Å². The number of hydrogen-bond acceptors (Lipinski definition) is 7. The molecule has 1 aromatic rings. The maximum atomic E-state index is 12.5. The molecule has 1 amide bonds. The molecule has 2 aliphatic rings. The van der Waals surface area contributed by atoms with E-state index in [2.05, 4.69) is 10.1 Å². The fraction of sp³-hybridized carbons (Fsp3) is 0.529. The van der Waals surface area contributed by atoms with Crippen LogP contribution < -0.4 is 14.8 Å². The van der Waals surface area contributed by atoms with Crippen LogP contribution in [0.25, 0.3) is 0 Å². The minimum Gasteiger partial charge on any atom is -0.469 e. The van der Waals surface area contributed by atoms with Crippen LogP contribution in [0.15, 0.2) is 18.2 Å². The molecular weight excluding hydrogens is 330 g/mol. The van der Waals surface area contributed by atoms with E-state index in [1.165, 1.54) is 7.11 Å². The third-order valence-corrected chi connectivity index (χ3v) is 4.37. The fourth-order valence-electron chi connectivity index (χ4n) is 3.01. The van der Waals surface area contributed by atoms with Crippen molar-refractivity contribution < 1.29 is 33.6 Å². The Hall–Kier alpha value is -2.32. The monoisotopic (exact) mass is 351 g/mol. The lowest BCUT2D eigenvalue weighted by atomic mass is 9.96. The van der Waals surface area contributed by atoms with Crippen molar-refractivity contribution in [3.8, 4) is 11.5 Å². The summed E-state index contributed by atoms with van der Waals surface area (Å²) in [5.74, 6) is 0.502. The van der Waals surface area contributed by atoms with E-state index < -0.39 is 6.10 Å². The van der Waals surface area contributed by atoms with Gasteiger partial charge in [0.15, 0.2) is 11.5 Å². The Morgan fingerprint density at radius 2 is 2.08 bits per heavy atom. The number of amides is 1. The van der Waals surface area contributed by atoms with E-state index >= 15 is 0 Å². The van der Waals surface area contributed by atoms with Crippen molar-refractivity contribution in [2.45, 2.75) is 37.5 Å². The molecule has 3 atom stereocenters. The number of methoxy groups -OCH3 is 1. The smallest absolute Gasteiger partial charge is 0.308 e. The average Bonchev–Trinajstić information content (AvgIpc) is 3.10. The molecule has 0 spiro atoms. The van der Waals surface area contributed by atoms with Crippen molar-refractivity contribution in [3.63, 3.8) is 0 Å². The highest BCUT2D eigenvalue weighted by molar-refractivity contribution is 5.95. The highest BCUT2D eigenvalue weighted by Gasteiger charge is 2.33. The lowest BCUT2D eigenvalue weighted by Crippen LogP contribution is -2.51. The summed E-state index contributed by atoms with van der Waals surface area (Å²) < 4.78 is 20.9. The third-order valence-electron chi connectivity index (χ3n) is 4.37. The van der Waals surface area contributed by atoms with Crippen LogP contribution in [0, 0.1) is 0 Å². The maximum Gasteiger partial charge on any atom is 0.308 e. The third kappa shape index (κ3) is 4.02. The summed E-state index contributed by atoms with van der Waals surface area (Å²) in [4.78, 5) is 23.8. The first-order chi connectivity index (χ1) is 12.1. The summed E-state index contributed by atoms with van der Waals surface area (Å²) in [7, 11) is 1.32. The van der Waals surface area contributed by atoms with E-state index in [0.29, 0.717) is 29.9 Å². The van der Waals surface area contributed by atoms with Crippen LogP contribution in [0.4, 0.5) is 0 Å². The molecule has 8 nitrogen and oxygen atoms in total. The van der Waals surface area contributed by atoms with Gasteiger partial charge in [-0.05, 0) is 31.0 Å². The zero-order valence-corrected chi connectivity index (χ0v) is 13.9. The van der Waals surface area contributed by atoms with Crippen molar-refractivity contribution in [2.75, 3.05) is 20.5 Å². The quantitative estimate of drug-likeness (QED) is 0.750. The van der Waals surface area contributed by atoms with E-state index in [0.717, 1.165) is 0 Å². The molecule has 0 bridgehead atoms. The summed E-state index contributed by atoms with van der Waals surface area (Å²) in [5.41, 5.74) is 0.442. The molecule has 136 valence electrons. The van der Waals surface area contributed by atoms with Gasteiger partial charge in [-0.25, -0.2) is 0 Å². The summed E-state index contributed by atoms with van der Waals surface area (Å²) in [6.45, 7) is -0.102. The predicted octanol–water partition coefficient (Wildman–Crippen LogP) is 0.617. The predicted molar refractivity (Wildman–Crippen MR) is 85.4 cm³/mol. The van der Waals surface area contributed by atoms with Gasteiger partial charge in [-0.3, -0.25) is 9.59 Å². The summed E-state index contributed by atoms with van der Waals surface area (Å²) in [6, 6.07) is 4.62. The van der Waals surface area contributed by atoms with Gasteiger partial charge < -0.3 is 29.4 Å². The maximum absolute atomic E-state index is 12.5. The van der Waals surface area contributed by atoms with Crippen LogP contribution in [-0.4, -0.2) is 55.7 Å². The molecule has 2 aliphatic heterocycles. The van der Waals surface area contributed by atoms with Gasteiger partial charge in [0.05, 0.1) is 32.3 Å². The highest BCUT2D eigenvalue weighted by atomic mass is 16.7. The first-order valence-electron chi connectivity index (χ1n) is 8.14. The molecule has 0 unspecified atom stereocenters. The molecule has 25 heavy (non-hydrogen) atoms. The Morgan fingerprint density at radius 1 is 1.28 bits per heavy atom. The Kier molecular flexibility index (Phi) is 5.40. The Morgan fingerprint density at radius 3 is 2.84 bits per heavy atom. The van der Waals surface area contributed by atoms with Crippen LogP contribution in [0.1, 0.15) is 29.6 Å². The number of esters is 1. The van der Waals surface area contributed by atoms with Crippen molar-refractivity contribution in [1.29, 1.82) is 0 Å². The molecule has 2 heterocycles. The number of nitrogens with one attached hydrogen (secondary N) is 1. The van der Waals surface area contributed by atoms with Gasteiger partial charge in [0.1, 0.15) is 6.10 Å². The lowest BCUT2D eigenvalue weighted by molar-refractivity contribution is -0.149. The Bertz CT molecular complexity index is 648. The standard InChI is InChI=1S/C17H21NO7/c1-22-16(20)7-11-3-4-12(15(8-19)25-11)18-17(21)10-2-5-13-14(6-10)24-9-23-13/h2,5-6,11-12,15,19H,3-4,7-9H2,1H3,(H,18,21)/t11-,12-,15+/m0/s1. The molecular formula is C17H21NO7. The van der Waals surface area contributed by atoms with E-state index in [1.807, 2.05) is 0 Å². The second kappa shape index (κ2) is 7.71. The molecule has 0 aliphatic carbocycles. The first kappa shape index (κ1) is 17.5. The summed E-state index contributed by atoms with van der Waals surface area (Å²) >= 11 is 0. The summed E-state index contributed by atoms with van der Waals surface area (Å²) in [6.07, 6.45) is 0.445. The SMILES string of the molecule is COC(=O)C[C@@H]1CC[C@H](NC(=O)c2ccc3c(c2)OCO3)[C@@H](CO)O1. The van der Waals surface area contributed by atoms with Crippen LogP contribution >= 0.6 is 0 Å². The minimum atomic E-state index is -0.568. The number of carbonyl (C=O) groups is 2. The molecule has 3 rings (SSSR count). The molecule has 0 aromatic heterocycles. The van der Waals surface area contributed by atoms with Gasteiger partial charge in [-0.1, -0.05) is 0 Å². The van der Waals surface area contributed by atoms with E-state index in [4.69, 9.17) is 14.2 Å². The lowest BCUT2D eigenvalue weighted by Gasteiger charge is -2.35.